The average Bonchev–Trinajstić information content (AvgIpc) is 2.94. The number of hydrogen-bond donors (Lipinski definition) is 2. The van der Waals surface area contributed by atoms with Crippen LogP contribution in [0, 0.1) is 5.82 Å². The van der Waals surface area contributed by atoms with Crippen molar-refractivity contribution in [1.82, 2.24) is 0 Å². The maximum Gasteiger partial charge on any atom is 0.189 e. The van der Waals surface area contributed by atoms with Gasteiger partial charge in [0.15, 0.2) is 5.06 Å². The Labute approximate surface area is 147 Å². The number of hydrogen-bond acceptors (Lipinski definition) is 4. The fourth-order valence-corrected chi connectivity index (χ4v) is 3.77. The highest BCUT2D eigenvalue weighted by atomic mass is 32.1. The molecule has 0 aliphatic carbocycles. The third-order valence-electron chi connectivity index (χ3n) is 3.82. The van der Waals surface area contributed by atoms with Gasteiger partial charge in [-0.05, 0) is 60.2 Å². The summed E-state index contributed by atoms with van der Waals surface area (Å²) in [5.41, 5.74) is 1.67. The highest BCUT2D eigenvalue weighted by Gasteiger charge is 2.17. The van der Waals surface area contributed by atoms with Crippen molar-refractivity contribution in [2.24, 2.45) is 0 Å². The van der Waals surface area contributed by atoms with Gasteiger partial charge in [-0.2, -0.15) is 0 Å². The monoisotopic (exact) mass is 358 g/mol. The average molecular weight is 358 g/mol. The molecule has 0 aliphatic heterocycles. The number of benzene rings is 3. The number of fused-ring (bicyclic) bond motifs is 1. The SMILES string of the molecule is Oc1ccc2c(-c3ccc(F)cc3)c(O[13c]3[13cH][13cH][13c](O)[13cH][13cH]3)sc2c1. The summed E-state index contributed by atoms with van der Waals surface area (Å²) < 4.78 is 20.2. The van der Waals surface area contributed by atoms with E-state index in [0.717, 1.165) is 21.2 Å². The smallest absolute Gasteiger partial charge is 0.189 e. The largest absolute Gasteiger partial charge is 0.508 e. The van der Waals surface area contributed by atoms with Crippen LogP contribution in [0.3, 0.4) is 0 Å². The van der Waals surface area contributed by atoms with E-state index in [-0.39, 0.29) is 17.3 Å². The van der Waals surface area contributed by atoms with Crippen LogP contribution in [0.2, 0.25) is 0 Å². The van der Waals surface area contributed by atoms with Crippen LogP contribution >= 0.6 is 11.3 Å². The van der Waals surface area contributed by atoms with Gasteiger partial charge in [-0.1, -0.05) is 23.5 Å². The first-order valence-corrected chi connectivity index (χ1v) is 8.40. The van der Waals surface area contributed by atoms with E-state index in [2.05, 4.69) is 0 Å². The van der Waals surface area contributed by atoms with Crippen LogP contribution in [0.5, 0.6) is 22.3 Å². The van der Waals surface area contributed by atoms with Crippen LogP contribution in [-0.2, 0) is 0 Å². The zero-order chi connectivity index (χ0) is 17.4. The fourth-order valence-electron chi connectivity index (χ4n) is 2.65. The zero-order valence-corrected chi connectivity index (χ0v) is 13.8. The van der Waals surface area contributed by atoms with E-state index < -0.39 is 0 Å². The molecule has 3 aromatic carbocycles. The number of ether oxygens (including phenoxy) is 1. The Morgan fingerprint density at radius 3 is 2.20 bits per heavy atom. The molecule has 0 saturated carbocycles. The van der Waals surface area contributed by atoms with E-state index in [4.69, 9.17) is 4.74 Å². The molecule has 3 nitrogen and oxygen atoms in total. The molecule has 4 rings (SSSR count). The molecule has 4 aromatic rings. The first-order valence-electron chi connectivity index (χ1n) is 7.58. The minimum absolute atomic E-state index is 0.160. The number of phenols is 2. The predicted molar refractivity (Wildman–Crippen MR) is 97.1 cm³/mol. The minimum atomic E-state index is -0.304. The molecule has 5 heteroatoms. The molecule has 0 saturated heterocycles. The highest BCUT2D eigenvalue weighted by molar-refractivity contribution is 7.21. The Hall–Kier alpha value is -3.05. The van der Waals surface area contributed by atoms with Crippen LogP contribution in [0.25, 0.3) is 21.2 Å². The van der Waals surface area contributed by atoms with Gasteiger partial charge in [0.2, 0.25) is 0 Å². The van der Waals surface area contributed by atoms with Gasteiger partial charge in [0.25, 0.3) is 0 Å². The van der Waals surface area contributed by atoms with Crippen molar-refractivity contribution in [3.05, 3.63) is 72.5 Å². The molecule has 0 fully saturated rings. The first-order chi connectivity index (χ1) is 12.1. The topological polar surface area (TPSA) is 49.7 Å². The Bertz CT molecular complexity index is 1040. The lowest BCUT2D eigenvalue weighted by Gasteiger charge is -2.07. The summed E-state index contributed by atoms with van der Waals surface area (Å²) in [7, 11) is 0. The van der Waals surface area contributed by atoms with Crippen molar-refractivity contribution in [1.29, 1.82) is 0 Å². The van der Waals surface area contributed by atoms with Crippen LogP contribution in [0.1, 0.15) is 0 Å². The summed E-state index contributed by atoms with van der Waals surface area (Å²) in [5.74, 6) is 0.613. The molecule has 0 radical (unpaired) electrons. The minimum Gasteiger partial charge on any atom is -0.508 e. The van der Waals surface area contributed by atoms with Crippen molar-refractivity contribution in [3.8, 4) is 33.4 Å². The molecule has 25 heavy (non-hydrogen) atoms. The molecule has 2 N–H and O–H groups in total. The van der Waals surface area contributed by atoms with Crippen molar-refractivity contribution < 1.29 is 19.3 Å². The molecule has 1 heterocycles. The summed E-state index contributed by atoms with van der Waals surface area (Å²) in [6, 6.07) is 17.8. The van der Waals surface area contributed by atoms with Crippen molar-refractivity contribution in [2.45, 2.75) is 0 Å². The van der Waals surface area contributed by atoms with Crippen molar-refractivity contribution in [2.75, 3.05) is 0 Å². The Balaban J connectivity index is 1.88. The lowest BCUT2D eigenvalue weighted by molar-refractivity contribution is 0.468. The van der Waals surface area contributed by atoms with Crippen molar-refractivity contribution in [3.63, 3.8) is 0 Å². The number of thiophene rings is 1. The third-order valence-corrected chi connectivity index (χ3v) is 4.85. The summed E-state index contributed by atoms with van der Waals surface area (Å²) >= 11 is 1.40. The van der Waals surface area contributed by atoms with E-state index in [9.17, 15) is 14.6 Å². The number of halogens is 1. The first kappa shape index (κ1) is 15.5. The van der Waals surface area contributed by atoms with Gasteiger partial charge in [0.05, 0.1) is 0 Å². The Morgan fingerprint density at radius 2 is 1.48 bits per heavy atom. The maximum atomic E-state index is 13.3. The van der Waals surface area contributed by atoms with E-state index in [0.29, 0.717) is 10.8 Å². The lowest BCUT2D eigenvalue weighted by Crippen LogP contribution is -1.85. The Kier molecular flexibility index (Phi) is 3.78. The second-order valence-corrected chi connectivity index (χ2v) is 6.56. The summed E-state index contributed by atoms with van der Waals surface area (Å²) in [4.78, 5) is 0. The molecule has 0 aliphatic rings. The van der Waals surface area contributed by atoms with Gasteiger partial charge in [-0.25, -0.2) is 4.39 Å². The van der Waals surface area contributed by atoms with Crippen LogP contribution < -0.4 is 4.74 Å². The van der Waals surface area contributed by atoms with Crippen LogP contribution in [0.15, 0.2) is 66.7 Å². The van der Waals surface area contributed by atoms with Gasteiger partial charge in [-0.3, -0.25) is 0 Å². The summed E-state index contributed by atoms with van der Waals surface area (Å²) in [6.45, 7) is 0. The molecule has 0 atom stereocenters. The van der Waals surface area contributed by atoms with Gasteiger partial charge in [0, 0.05) is 15.6 Å². The van der Waals surface area contributed by atoms with Gasteiger partial charge in [0.1, 0.15) is 23.1 Å². The van der Waals surface area contributed by atoms with Crippen LogP contribution in [0.4, 0.5) is 4.39 Å². The highest BCUT2D eigenvalue weighted by Crippen LogP contribution is 2.47. The van der Waals surface area contributed by atoms with E-state index in [1.165, 1.54) is 23.5 Å². The fraction of sp³-hybridized carbons (Fsp3) is 0. The third kappa shape index (κ3) is 3.02. The second-order valence-electron chi connectivity index (χ2n) is 5.55. The molecule has 0 bridgehead atoms. The van der Waals surface area contributed by atoms with E-state index in [1.54, 1.807) is 48.5 Å². The zero-order valence-electron chi connectivity index (χ0n) is 12.9. The summed E-state index contributed by atoms with van der Waals surface area (Å²) in [6.07, 6.45) is 0. The molecule has 124 valence electrons. The molecule has 0 amide bonds. The van der Waals surface area contributed by atoms with E-state index >= 15 is 0 Å². The lowest BCUT2D eigenvalue weighted by atomic mass is 10.0. The maximum absolute atomic E-state index is 13.3. The predicted octanol–water partition coefficient (Wildman–Crippen LogP) is 5.91. The van der Waals surface area contributed by atoms with E-state index in [1.807, 2.05) is 6.07 Å². The normalized spacial score (nSPS) is 10.9. The number of rotatable bonds is 3. The molecular weight excluding hydrogens is 345 g/mol. The van der Waals surface area contributed by atoms with Gasteiger partial charge < -0.3 is 14.9 Å². The molecule has 1 aromatic heterocycles. The summed E-state index contributed by atoms with van der Waals surface area (Å²) in [5, 5.41) is 20.7. The van der Waals surface area contributed by atoms with Crippen LogP contribution in [-0.4, -0.2) is 10.2 Å². The molecule has 0 unspecified atom stereocenters. The number of aromatic hydroxyl groups is 2. The molecule has 0 spiro atoms. The quantitative estimate of drug-likeness (QED) is 0.479. The number of phenolic OH excluding ortho intramolecular Hbond substituents is 2. The second kappa shape index (κ2) is 6.11. The van der Waals surface area contributed by atoms with Gasteiger partial charge in [-0.15, -0.1) is 0 Å². The standard InChI is InChI=1S/C20H13FO3S/c21-13-3-1-12(2-4-13)19-17-10-7-15(23)11-18(17)25-20(19)24-16-8-5-14(22)6-9-16/h1-11,22-23H/i5+1,6+1,8+1,9+1,14+1,16+1. The molecular formula is C20H13FO3S. The van der Waals surface area contributed by atoms with Crippen molar-refractivity contribution >= 4 is 21.4 Å². The Morgan fingerprint density at radius 1 is 0.800 bits per heavy atom. The van der Waals surface area contributed by atoms with Gasteiger partial charge >= 0.3 is 0 Å².